The Bertz CT molecular complexity index is 996. The molecule has 0 saturated heterocycles. The van der Waals surface area contributed by atoms with Crippen molar-refractivity contribution in [2.24, 2.45) is 7.05 Å². The molecular formula is C20H17F4N3O. The standard InChI is InChI=1S/C20H17F4N3O/c1-26-17-11-27(14-8-6-13(21)7-9-14)10-16(17)19(25-26)15-4-2-3-5-18(15)28-12-20(22,23)24/h2-9H,10-12H2,1H3. The van der Waals surface area contributed by atoms with E-state index in [1.165, 1.54) is 18.2 Å². The number of nitrogens with zero attached hydrogens (tertiary/aromatic N) is 3. The maximum atomic E-state index is 13.2. The van der Waals surface area contributed by atoms with E-state index in [1.54, 1.807) is 42.1 Å². The number of alkyl halides is 3. The largest absolute Gasteiger partial charge is 0.483 e. The van der Waals surface area contributed by atoms with E-state index in [2.05, 4.69) is 10.00 Å². The molecule has 0 fully saturated rings. The third-order valence-electron chi connectivity index (χ3n) is 4.69. The summed E-state index contributed by atoms with van der Waals surface area (Å²) in [5, 5.41) is 4.52. The molecule has 28 heavy (non-hydrogen) atoms. The molecule has 1 aliphatic heterocycles. The number of rotatable bonds is 4. The van der Waals surface area contributed by atoms with Crippen molar-refractivity contribution in [3.05, 3.63) is 65.6 Å². The lowest BCUT2D eigenvalue weighted by Gasteiger charge is -2.18. The van der Waals surface area contributed by atoms with Crippen LogP contribution >= 0.6 is 0 Å². The van der Waals surface area contributed by atoms with Gasteiger partial charge in [-0.1, -0.05) is 12.1 Å². The van der Waals surface area contributed by atoms with Crippen LogP contribution in [0.4, 0.5) is 23.2 Å². The molecule has 0 aliphatic carbocycles. The number of hydrogen-bond donors (Lipinski definition) is 0. The van der Waals surface area contributed by atoms with E-state index in [0.29, 0.717) is 24.3 Å². The molecule has 1 aliphatic rings. The SMILES string of the molecule is Cn1nc(-c2ccccc2OCC(F)(F)F)c2c1CN(c1ccc(F)cc1)C2. The number of anilines is 1. The van der Waals surface area contributed by atoms with E-state index < -0.39 is 12.8 Å². The Hall–Kier alpha value is -3.03. The van der Waals surface area contributed by atoms with Crippen LogP contribution in [0.15, 0.2) is 48.5 Å². The minimum atomic E-state index is -4.42. The summed E-state index contributed by atoms with van der Waals surface area (Å²) in [6.07, 6.45) is -4.42. The first-order chi connectivity index (χ1) is 13.3. The van der Waals surface area contributed by atoms with Crippen molar-refractivity contribution >= 4 is 5.69 Å². The molecule has 4 nitrogen and oxygen atoms in total. The Kier molecular flexibility index (Phi) is 4.49. The molecule has 1 aromatic heterocycles. The summed E-state index contributed by atoms with van der Waals surface area (Å²) < 4.78 is 57.7. The highest BCUT2D eigenvalue weighted by Gasteiger charge is 2.31. The molecule has 0 saturated carbocycles. The van der Waals surface area contributed by atoms with Crippen molar-refractivity contribution in [3.8, 4) is 17.0 Å². The molecule has 0 bridgehead atoms. The van der Waals surface area contributed by atoms with Gasteiger partial charge in [-0.3, -0.25) is 4.68 Å². The van der Waals surface area contributed by atoms with E-state index in [9.17, 15) is 17.6 Å². The first-order valence-corrected chi connectivity index (χ1v) is 8.66. The van der Waals surface area contributed by atoms with Crippen molar-refractivity contribution in [1.29, 1.82) is 0 Å². The molecule has 0 amide bonds. The van der Waals surface area contributed by atoms with Gasteiger partial charge in [0.25, 0.3) is 0 Å². The summed E-state index contributed by atoms with van der Waals surface area (Å²) in [5.41, 5.74) is 3.87. The molecule has 2 heterocycles. The summed E-state index contributed by atoms with van der Waals surface area (Å²) in [7, 11) is 1.80. The molecule has 0 unspecified atom stereocenters. The minimum absolute atomic E-state index is 0.140. The van der Waals surface area contributed by atoms with Crippen molar-refractivity contribution < 1.29 is 22.3 Å². The van der Waals surface area contributed by atoms with Crippen molar-refractivity contribution in [2.75, 3.05) is 11.5 Å². The molecule has 146 valence electrons. The van der Waals surface area contributed by atoms with Gasteiger partial charge in [0.2, 0.25) is 0 Å². The van der Waals surface area contributed by atoms with Crippen LogP contribution in [0.25, 0.3) is 11.3 Å². The Morgan fingerprint density at radius 1 is 1.04 bits per heavy atom. The zero-order chi connectivity index (χ0) is 19.9. The average Bonchev–Trinajstić information content (AvgIpc) is 3.21. The van der Waals surface area contributed by atoms with E-state index in [1.807, 2.05) is 0 Å². The van der Waals surface area contributed by atoms with Gasteiger partial charge in [0, 0.05) is 30.4 Å². The fourth-order valence-corrected chi connectivity index (χ4v) is 3.39. The molecule has 0 N–H and O–H groups in total. The van der Waals surface area contributed by atoms with E-state index in [4.69, 9.17) is 4.74 Å². The van der Waals surface area contributed by atoms with Crippen LogP contribution in [-0.4, -0.2) is 22.6 Å². The number of halogens is 4. The van der Waals surface area contributed by atoms with Gasteiger partial charge in [0.1, 0.15) is 17.3 Å². The van der Waals surface area contributed by atoms with E-state index in [0.717, 1.165) is 16.9 Å². The number of benzene rings is 2. The Labute approximate surface area is 159 Å². The average molecular weight is 391 g/mol. The maximum Gasteiger partial charge on any atom is 0.422 e. The fourth-order valence-electron chi connectivity index (χ4n) is 3.39. The quantitative estimate of drug-likeness (QED) is 0.605. The van der Waals surface area contributed by atoms with Crippen LogP contribution in [0.2, 0.25) is 0 Å². The second kappa shape index (κ2) is 6.85. The number of aryl methyl sites for hydroxylation is 1. The van der Waals surface area contributed by atoms with Gasteiger partial charge in [-0.05, 0) is 36.4 Å². The van der Waals surface area contributed by atoms with E-state index >= 15 is 0 Å². The normalized spacial score (nSPS) is 13.7. The first-order valence-electron chi connectivity index (χ1n) is 8.66. The van der Waals surface area contributed by atoms with Crippen LogP contribution < -0.4 is 9.64 Å². The number of aromatic nitrogens is 2. The van der Waals surface area contributed by atoms with Gasteiger partial charge in [-0.2, -0.15) is 18.3 Å². The molecule has 4 rings (SSSR count). The van der Waals surface area contributed by atoms with Gasteiger partial charge in [-0.15, -0.1) is 0 Å². The molecular weight excluding hydrogens is 374 g/mol. The monoisotopic (exact) mass is 391 g/mol. The molecule has 8 heteroatoms. The van der Waals surface area contributed by atoms with E-state index in [-0.39, 0.29) is 11.6 Å². The van der Waals surface area contributed by atoms with Crippen molar-refractivity contribution in [1.82, 2.24) is 9.78 Å². The number of ether oxygens (including phenoxy) is 1. The zero-order valence-electron chi connectivity index (χ0n) is 15.0. The Balaban J connectivity index is 1.66. The highest BCUT2D eigenvalue weighted by molar-refractivity contribution is 5.72. The van der Waals surface area contributed by atoms with Crippen LogP contribution in [0, 0.1) is 5.82 Å². The predicted octanol–water partition coefficient (Wildman–Crippen LogP) is 4.69. The summed E-state index contributed by atoms with van der Waals surface area (Å²) in [6, 6.07) is 12.8. The third-order valence-corrected chi connectivity index (χ3v) is 4.69. The van der Waals surface area contributed by atoms with Crippen LogP contribution in [0.3, 0.4) is 0 Å². The maximum absolute atomic E-state index is 13.2. The fraction of sp³-hybridized carbons (Fsp3) is 0.250. The van der Waals surface area contributed by atoms with Crippen LogP contribution in [-0.2, 0) is 20.1 Å². The summed E-state index contributed by atoms with van der Waals surface area (Å²) in [4.78, 5) is 2.06. The minimum Gasteiger partial charge on any atom is -0.483 e. The van der Waals surface area contributed by atoms with Gasteiger partial charge in [-0.25, -0.2) is 4.39 Å². The molecule has 0 spiro atoms. The smallest absolute Gasteiger partial charge is 0.422 e. The lowest BCUT2D eigenvalue weighted by molar-refractivity contribution is -0.153. The van der Waals surface area contributed by atoms with Crippen LogP contribution in [0.5, 0.6) is 5.75 Å². The topological polar surface area (TPSA) is 30.3 Å². The van der Waals surface area contributed by atoms with Crippen LogP contribution in [0.1, 0.15) is 11.3 Å². The molecule has 0 radical (unpaired) electrons. The Morgan fingerprint density at radius 2 is 1.75 bits per heavy atom. The van der Waals surface area contributed by atoms with Gasteiger partial charge < -0.3 is 9.64 Å². The Morgan fingerprint density at radius 3 is 2.46 bits per heavy atom. The van der Waals surface area contributed by atoms with Gasteiger partial charge in [0.05, 0.1) is 12.2 Å². The third kappa shape index (κ3) is 3.54. The summed E-state index contributed by atoms with van der Waals surface area (Å²) in [5.74, 6) is -0.167. The number of para-hydroxylation sites is 1. The second-order valence-electron chi connectivity index (χ2n) is 6.63. The molecule has 2 aromatic carbocycles. The molecule has 0 atom stereocenters. The predicted molar refractivity (Wildman–Crippen MR) is 96.5 cm³/mol. The molecule has 3 aromatic rings. The highest BCUT2D eigenvalue weighted by atomic mass is 19.4. The van der Waals surface area contributed by atoms with Gasteiger partial charge >= 0.3 is 6.18 Å². The number of hydrogen-bond acceptors (Lipinski definition) is 3. The second-order valence-corrected chi connectivity index (χ2v) is 6.63. The highest BCUT2D eigenvalue weighted by Crippen LogP contribution is 2.38. The summed E-state index contributed by atoms with van der Waals surface area (Å²) >= 11 is 0. The van der Waals surface area contributed by atoms with Crippen molar-refractivity contribution in [2.45, 2.75) is 19.3 Å². The lowest BCUT2D eigenvalue weighted by Crippen LogP contribution is -2.19. The van der Waals surface area contributed by atoms with Crippen molar-refractivity contribution in [3.63, 3.8) is 0 Å². The zero-order valence-corrected chi connectivity index (χ0v) is 15.0. The first kappa shape index (κ1) is 18.3. The summed E-state index contributed by atoms with van der Waals surface area (Å²) in [6.45, 7) is -0.255. The number of fused-ring (bicyclic) bond motifs is 1. The van der Waals surface area contributed by atoms with Gasteiger partial charge in [0.15, 0.2) is 6.61 Å². The lowest BCUT2D eigenvalue weighted by atomic mass is 10.1.